The van der Waals surface area contributed by atoms with Crippen molar-refractivity contribution in [1.82, 2.24) is 9.97 Å². The number of pyridine rings is 1. The lowest BCUT2D eigenvalue weighted by Gasteiger charge is -2.10. The monoisotopic (exact) mass is 357 g/mol. The molecule has 2 aromatic carbocycles. The second-order valence-corrected chi connectivity index (χ2v) is 7.47. The normalized spacial score (nSPS) is 15.9. The van der Waals surface area contributed by atoms with E-state index in [-0.39, 0.29) is 5.91 Å². The number of aromatic nitrogens is 2. The molecule has 5 rings (SSSR count). The molecule has 1 N–H and O–H groups in total. The number of nitrogens with one attached hydrogen (secondary N) is 1. The van der Waals surface area contributed by atoms with Crippen molar-refractivity contribution in [3.8, 4) is 11.3 Å². The maximum atomic E-state index is 12.7. The van der Waals surface area contributed by atoms with Gasteiger partial charge in [-0.3, -0.25) is 9.78 Å². The molecule has 3 heterocycles. The molecule has 5 heteroatoms. The summed E-state index contributed by atoms with van der Waals surface area (Å²) in [6.45, 7) is 1.99. The van der Waals surface area contributed by atoms with E-state index in [1.165, 1.54) is 0 Å². The molecule has 126 valence electrons. The number of anilines is 1. The molecule has 1 aliphatic heterocycles. The molecule has 0 fully saturated rings. The summed E-state index contributed by atoms with van der Waals surface area (Å²) >= 11 is 1.63. The summed E-state index contributed by atoms with van der Waals surface area (Å²) in [7, 11) is 0. The highest BCUT2D eigenvalue weighted by atomic mass is 32.1. The minimum atomic E-state index is -0.394. The Balaban J connectivity index is 1.63. The molecule has 1 amide bonds. The third-order valence-electron chi connectivity index (χ3n) is 4.71. The molecule has 0 aliphatic carbocycles. The summed E-state index contributed by atoms with van der Waals surface area (Å²) in [5.74, 6) is -0.427. The summed E-state index contributed by atoms with van der Waals surface area (Å²) in [6.07, 6.45) is 0. The topological polar surface area (TPSA) is 54.9 Å². The highest BCUT2D eigenvalue weighted by Crippen LogP contribution is 2.39. The number of amides is 1. The van der Waals surface area contributed by atoms with Gasteiger partial charge in [0.05, 0.1) is 21.9 Å². The first-order chi connectivity index (χ1) is 12.7. The van der Waals surface area contributed by atoms with Crippen molar-refractivity contribution < 1.29 is 4.79 Å². The average Bonchev–Trinajstić information content (AvgIpc) is 3.23. The molecule has 4 nitrogen and oxygen atoms in total. The van der Waals surface area contributed by atoms with Crippen molar-refractivity contribution >= 4 is 33.8 Å². The van der Waals surface area contributed by atoms with Crippen molar-refractivity contribution in [3.63, 3.8) is 0 Å². The standard InChI is InChI=1S/C21H15N3OS/c1-12-22-19(11-26-12)14-7-8-17-15(10-14)20(21(25)24-17)18-9-6-13-4-2-3-5-16(13)23-18/h2-11,20H,1H3,(H,24,25). The Labute approximate surface area is 154 Å². The van der Waals surface area contributed by atoms with Gasteiger partial charge in [0.1, 0.15) is 5.92 Å². The van der Waals surface area contributed by atoms with Crippen LogP contribution in [0.15, 0.2) is 60.0 Å². The lowest BCUT2D eigenvalue weighted by atomic mass is 9.94. The van der Waals surface area contributed by atoms with Gasteiger partial charge in [-0.25, -0.2) is 4.98 Å². The van der Waals surface area contributed by atoms with Crippen molar-refractivity contribution in [2.45, 2.75) is 12.8 Å². The Morgan fingerprint density at radius 1 is 1.04 bits per heavy atom. The van der Waals surface area contributed by atoms with E-state index in [9.17, 15) is 4.79 Å². The van der Waals surface area contributed by atoms with E-state index >= 15 is 0 Å². The van der Waals surface area contributed by atoms with Crippen molar-refractivity contribution in [2.75, 3.05) is 5.32 Å². The predicted molar refractivity (Wildman–Crippen MR) is 105 cm³/mol. The summed E-state index contributed by atoms with van der Waals surface area (Å²) in [5.41, 5.74) is 5.45. The van der Waals surface area contributed by atoms with Crippen molar-refractivity contribution in [3.05, 3.63) is 76.2 Å². The van der Waals surface area contributed by atoms with Crippen LogP contribution < -0.4 is 5.32 Å². The minimum Gasteiger partial charge on any atom is -0.325 e. The van der Waals surface area contributed by atoms with E-state index in [2.05, 4.69) is 16.4 Å². The third-order valence-corrected chi connectivity index (χ3v) is 5.49. The lowest BCUT2D eigenvalue weighted by Crippen LogP contribution is -2.14. The molecule has 0 bridgehead atoms. The van der Waals surface area contributed by atoms with Crippen LogP contribution in [0.5, 0.6) is 0 Å². The first-order valence-electron chi connectivity index (χ1n) is 8.42. The van der Waals surface area contributed by atoms with Gasteiger partial charge in [0.25, 0.3) is 0 Å². The molecule has 26 heavy (non-hydrogen) atoms. The van der Waals surface area contributed by atoms with E-state index in [1.807, 2.05) is 60.8 Å². The molecular formula is C21H15N3OS. The Morgan fingerprint density at radius 3 is 2.77 bits per heavy atom. The molecule has 0 saturated heterocycles. The number of para-hydroxylation sites is 1. The molecule has 1 aliphatic rings. The van der Waals surface area contributed by atoms with Crippen LogP contribution in [0, 0.1) is 6.92 Å². The molecule has 2 aromatic heterocycles. The highest BCUT2D eigenvalue weighted by molar-refractivity contribution is 7.09. The smallest absolute Gasteiger partial charge is 0.238 e. The number of hydrogen-bond acceptors (Lipinski definition) is 4. The summed E-state index contributed by atoms with van der Waals surface area (Å²) < 4.78 is 0. The first-order valence-corrected chi connectivity index (χ1v) is 9.30. The van der Waals surface area contributed by atoms with E-state index in [0.29, 0.717) is 0 Å². The van der Waals surface area contributed by atoms with Crippen LogP contribution >= 0.6 is 11.3 Å². The van der Waals surface area contributed by atoms with Crippen molar-refractivity contribution in [2.24, 2.45) is 0 Å². The minimum absolute atomic E-state index is 0.0330. The number of hydrogen-bond donors (Lipinski definition) is 1. The zero-order valence-electron chi connectivity index (χ0n) is 14.1. The van der Waals surface area contributed by atoms with Gasteiger partial charge in [-0.05, 0) is 36.8 Å². The van der Waals surface area contributed by atoms with Crippen molar-refractivity contribution in [1.29, 1.82) is 0 Å². The van der Waals surface area contributed by atoms with Gasteiger partial charge < -0.3 is 5.32 Å². The number of carbonyl (C=O) groups is 1. The number of nitrogens with zero attached hydrogens (tertiary/aromatic N) is 2. The fraction of sp³-hybridized carbons (Fsp3) is 0.0952. The number of thiazole rings is 1. The Kier molecular flexibility index (Phi) is 3.36. The van der Waals surface area contributed by atoms with Crippen LogP contribution in [0.4, 0.5) is 5.69 Å². The fourth-order valence-electron chi connectivity index (χ4n) is 3.45. The number of benzene rings is 2. The summed E-state index contributed by atoms with van der Waals surface area (Å²) in [4.78, 5) is 22.0. The Hall–Kier alpha value is -3.05. The second-order valence-electron chi connectivity index (χ2n) is 6.40. The Bertz CT molecular complexity index is 1160. The second kappa shape index (κ2) is 5.75. The number of carbonyl (C=O) groups excluding carboxylic acids is 1. The third kappa shape index (κ3) is 2.40. The lowest BCUT2D eigenvalue weighted by molar-refractivity contribution is -0.116. The van der Waals surface area contributed by atoms with E-state index < -0.39 is 5.92 Å². The number of fused-ring (bicyclic) bond motifs is 2. The van der Waals surface area contributed by atoms with Crippen LogP contribution in [0.3, 0.4) is 0 Å². The molecule has 0 radical (unpaired) electrons. The van der Waals surface area contributed by atoms with Crippen LogP contribution in [0.25, 0.3) is 22.2 Å². The van der Waals surface area contributed by atoms with E-state index in [0.717, 1.165) is 44.1 Å². The first kappa shape index (κ1) is 15.2. The highest BCUT2D eigenvalue weighted by Gasteiger charge is 2.33. The maximum absolute atomic E-state index is 12.7. The quantitative estimate of drug-likeness (QED) is 0.563. The zero-order chi connectivity index (χ0) is 17.7. The molecule has 0 saturated carbocycles. The van der Waals surface area contributed by atoms with Gasteiger partial charge in [0.15, 0.2) is 0 Å². The van der Waals surface area contributed by atoms with Crippen LogP contribution in [0.1, 0.15) is 22.2 Å². The van der Waals surface area contributed by atoms with Crippen LogP contribution in [-0.2, 0) is 4.79 Å². The number of rotatable bonds is 2. The summed E-state index contributed by atoms with van der Waals surface area (Å²) in [6, 6.07) is 17.9. The maximum Gasteiger partial charge on any atom is 0.238 e. The predicted octanol–water partition coefficient (Wildman–Crippen LogP) is 4.75. The average molecular weight is 357 g/mol. The van der Waals surface area contributed by atoms with Gasteiger partial charge in [-0.15, -0.1) is 11.3 Å². The molecule has 1 atom stereocenters. The molecular weight excluding hydrogens is 342 g/mol. The summed E-state index contributed by atoms with van der Waals surface area (Å²) in [5, 5.41) is 7.13. The van der Waals surface area contributed by atoms with Crippen LogP contribution in [-0.4, -0.2) is 15.9 Å². The van der Waals surface area contributed by atoms with Gasteiger partial charge in [-0.2, -0.15) is 0 Å². The van der Waals surface area contributed by atoms with E-state index in [4.69, 9.17) is 4.98 Å². The largest absolute Gasteiger partial charge is 0.325 e. The number of aryl methyl sites for hydroxylation is 1. The van der Waals surface area contributed by atoms with Gasteiger partial charge in [0.2, 0.25) is 5.91 Å². The SMILES string of the molecule is Cc1nc(-c2ccc3c(c2)C(c2ccc4ccccc4n2)C(=O)N3)cs1. The molecule has 0 spiro atoms. The fourth-order valence-corrected chi connectivity index (χ4v) is 4.08. The van der Waals surface area contributed by atoms with Gasteiger partial charge in [0, 0.05) is 22.0 Å². The van der Waals surface area contributed by atoms with E-state index in [1.54, 1.807) is 11.3 Å². The van der Waals surface area contributed by atoms with Gasteiger partial charge >= 0.3 is 0 Å². The van der Waals surface area contributed by atoms with Gasteiger partial charge in [-0.1, -0.05) is 30.3 Å². The Morgan fingerprint density at radius 2 is 1.92 bits per heavy atom. The molecule has 4 aromatic rings. The zero-order valence-corrected chi connectivity index (χ0v) is 14.9. The molecule has 1 unspecified atom stereocenters. The van der Waals surface area contributed by atoms with Crippen LogP contribution in [0.2, 0.25) is 0 Å².